The number of carbonyl (C=O) groups is 1. The van der Waals surface area contributed by atoms with Crippen LogP contribution in [0.3, 0.4) is 0 Å². The van der Waals surface area contributed by atoms with E-state index in [9.17, 15) is 4.79 Å². The first-order valence-electron chi connectivity index (χ1n) is 6.24. The van der Waals surface area contributed by atoms with Gasteiger partial charge in [0.05, 0.1) is 0 Å². The minimum absolute atomic E-state index is 0.262. The lowest BCUT2D eigenvalue weighted by molar-refractivity contribution is -0.139. The van der Waals surface area contributed by atoms with E-state index in [2.05, 4.69) is 29.6 Å². The quantitative estimate of drug-likeness (QED) is 0.833. The van der Waals surface area contributed by atoms with Gasteiger partial charge < -0.3 is 10.4 Å². The van der Waals surface area contributed by atoms with Crippen LogP contribution in [0.25, 0.3) is 0 Å². The standard InChI is InChI=1S/C14H17NO2/c16-13(17)12-8-11(9-15-12)14(6-7-14)10-4-2-1-3-5-10/h1-5,11-12,15H,6-9H2,(H,16,17)/t11-,12+/m0/s1. The molecule has 0 aromatic heterocycles. The van der Waals surface area contributed by atoms with Gasteiger partial charge in [0.2, 0.25) is 0 Å². The lowest BCUT2D eigenvalue weighted by atomic mass is 9.81. The summed E-state index contributed by atoms with van der Waals surface area (Å²) in [4.78, 5) is 11.0. The van der Waals surface area contributed by atoms with E-state index in [1.807, 2.05) is 6.07 Å². The zero-order valence-electron chi connectivity index (χ0n) is 9.73. The predicted octanol–water partition coefficient (Wildman–Crippen LogP) is 1.78. The monoisotopic (exact) mass is 231 g/mol. The summed E-state index contributed by atoms with van der Waals surface area (Å²) in [5, 5.41) is 12.1. The number of rotatable bonds is 3. The molecule has 1 heterocycles. The van der Waals surface area contributed by atoms with Crippen LogP contribution in [0.2, 0.25) is 0 Å². The Hall–Kier alpha value is -1.35. The fraction of sp³-hybridized carbons (Fsp3) is 0.500. The van der Waals surface area contributed by atoms with Crippen molar-refractivity contribution in [3.63, 3.8) is 0 Å². The summed E-state index contributed by atoms with van der Waals surface area (Å²) >= 11 is 0. The van der Waals surface area contributed by atoms with Crippen molar-refractivity contribution in [3.05, 3.63) is 35.9 Å². The van der Waals surface area contributed by atoms with Crippen molar-refractivity contribution in [2.45, 2.75) is 30.7 Å². The van der Waals surface area contributed by atoms with Crippen LogP contribution < -0.4 is 5.32 Å². The van der Waals surface area contributed by atoms with Gasteiger partial charge in [-0.25, -0.2) is 0 Å². The molecule has 0 spiro atoms. The molecule has 1 aliphatic heterocycles. The maximum absolute atomic E-state index is 11.0. The SMILES string of the molecule is O=C(O)[C@H]1C[C@H](C2(c3ccccc3)CC2)CN1. The van der Waals surface area contributed by atoms with Gasteiger partial charge in [0.15, 0.2) is 0 Å². The van der Waals surface area contributed by atoms with E-state index in [1.54, 1.807) is 0 Å². The average molecular weight is 231 g/mol. The molecule has 3 rings (SSSR count). The van der Waals surface area contributed by atoms with Gasteiger partial charge >= 0.3 is 5.97 Å². The van der Waals surface area contributed by atoms with Gasteiger partial charge in [-0.15, -0.1) is 0 Å². The highest BCUT2D eigenvalue weighted by atomic mass is 16.4. The second-order valence-electron chi connectivity index (χ2n) is 5.25. The van der Waals surface area contributed by atoms with Crippen LogP contribution >= 0.6 is 0 Å². The first kappa shape index (κ1) is 10.8. The van der Waals surface area contributed by atoms with Crippen LogP contribution in [0.5, 0.6) is 0 Å². The number of aliphatic carboxylic acids is 1. The lowest BCUT2D eigenvalue weighted by Gasteiger charge is -2.22. The van der Waals surface area contributed by atoms with Gasteiger partial charge in [-0.2, -0.15) is 0 Å². The first-order chi connectivity index (χ1) is 8.22. The van der Waals surface area contributed by atoms with E-state index in [-0.39, 0.29) is 11.5 Å². The lowest BCUT2D eigenvalue weighted by Crippen LogP contribution is -2.30. The smallest absolute Gasteiger partial charge is 0.320 e. The van der Waals surface area contributed by atoms with Gasteiger partial charge in [-0.05, 0) is 42.7 Å². The summed E-state index contributed by atoms with van der Waals surface area (Å²) in [6.45, 7) is 0.839. The Morgan fingerprint density at radius 3 is 2.53 bits per heavy atom. The van der Waals surface area contributed by atoms with Gasteiger partial charge in [0.25, 0.3) is 0 Å². The topological polar surface area (TPSA) is 49.3 Å². The number of carboxylic acids is 1. The highest BCUT2D eigenvalue weighted by molar-refractivity contribution is 5.74. The summed E-state index contributed by atoms with van der Waals surface area (Å²) < 4.78 is 0. The van der Waals surface area contributed by atoms with Crippen LogP contribution in [0, 0.1) is 5.92 Å². The van der Waals surface area contributed by atoms with Crippen molar-refractivity contribution >= 4 is 5.97 Å². The second-order valence-corrected chi connectivity index (χ2v) is 5.25. The normalized spacial score (nSPS) is 30.1. The molecule has 1 saturated heterocycles. The molecule has 3 heteroatoms. The highest BCUT2D eigenvalue weighted by Gasteiger charge is 2.53. The maximum atomic E-state index is 11.0. The minimum Gasteiger partial charge on any atom is -0.480 e. The molecule has 0 unspecified atom stereocenters. The molecule has 3 nitrogen and oxygen atoms in total. The van der Waals surface area contributed by atoms with Crippen LogP contribution in [0.1, 0.15) is 24.8 Å². The molecular formula is C14H17NO2. The molecule has 1 aromatic rings. The van der Waals surface area contributed by atoms with Crippen LogP contribution in [-0.4, -0.2) is 23.7 Å². The van der Waals surface area contributed by atoms with Crippen molar-refractivity contribution in [2.75, 3.05) is 6.54 Å². The van der Waals surface area contributed by atoms with Crippen LogP contribution in [0.4, 0.5) is 0 Å². The third-order valence-electron chi connectivity index (χ3n) is 4.35. The second kappa shape index (κ2) is 3.84. The van der Waals surface area contributed by atoms with E-state index in [1.165, 1.54) is 18.4 Å². The molecule has 2 fully saturated rings. The van der Waals surface area contributed by atoms with Gasteiger partial charge in [-0.1, -0.05) is 30.3 Å². The maximum Gasteiger partial charge on any atom is 0.320 e. The van der Waals surface area contributed by atoms with Crippen molar-refractivity contribution in [3.8, 4) is 0 Å². The molecule has 2 atom stereocenters. The van der Waals surface area contributed by atoms with E-state index >= 15 is 0 Å². The molecule has 17 heavy (non-hydrogen) atoms. The largest absolute Gasteiger partial charge is 0.480 e. The molecule has 1 aliphatic carbocycles. The third kappa shape index (κ3) is 1.75. The molecule has 2 N–H and O–H groups in total. The molecule has 1 saturated carbocycles. The van der Waals surface area contributed by atoms with Crippen LogP contribution in [0.15, 0.2) is 30.3 Å². The summed E-state index contributed by atoms with van der Waals surface area (Å²) in [5.74, 6) is -0.234. The molecule has 90 valence electrons. The minimum atomic E-state index is -0.712. The van der Waals surface area contributed by atoms with E-state index < -0.39 is 5.97 Å². The van der Waals surface area contributed by atoms with Crippen molar-refractivity contribution in [1.29, 1.82) is 0 Å². The van der Waals surface area contributed by atoms with Crippen molar-refractivity contribution < 1.29 is 9.90 Å². The number of hydrogen-bond donors (Lipinski definition) is 2. The molecule has 0 bridgehead atoms. The van der Waals surface area contributed by atoms with Gasteiger partial charge in [0, 0.05) is 0 Å². The average Bonchev–Trinajstić information content (AvgIpc) is 3.00. The van der Waals surface area contributed by atoms with E-state index in [0.29, 0.717) is 5.92 Å². The number of carboxylic acid groups (broad SMARTS) is 1. The zero-order chi connectivity index (χ0) is 11.9. The fourth-order valence-corrected chi connectivity index (χ4v) is 3.18. The Kier molecular flexibility index (Phi) is 2.44. The summed E-state index contributed by atoms with van der Waals surface area (Å²) in [6, 6.07) is 10.2. The summed E-state index contributed by atoms with van der Waals surface area (Å²) in [7, 11) is 0. The molecular weight excluding hydrogens is 214 g/mol. The Labute approximate surface area is 101 Å². The molecule has 0 radical (unpaired) electrons. The number of benzene rings is 1. The van der Waals surface area contributed by atoms with Crippen molar-refractivity contribution in [1.82, 2.24) is 5.32 Å². The van der Waals surface area contributed by atoms with Gasteiger partial charge in [0.1, 0.15) is 6.04 Å². The fourth-order valence-electron chi connectivity index (χ4n) is 3.18. The zero-order valence-corrected chi connectivity index (χ0v) is 9.73. The Morgan fingerprint density at radius 2 is 2.00 bits per heavy atom. The van der Waals surface area contributed by atoms with Crippen LogP contribution in [-0.2, 0) is 10.2 Å². The molecule has 0 amide bonds. The third-order valence-corrected chi connectivity index (χ3v) is 4.35. The predicted molar refractivity (Wildman–Crippen MR) is 64.9 cm³/mol. The van der Waals surface area contributed by atoms with E-state index in [0.717, 1.165) is 13.0 Å². The van der Waals surface area contributed by atoms with Crippen molar-refractivity contribution in [2.24, 2.45) is 5.92 Å². The van der Waals surface area contributed by atoms with Gasteiger partial charge in [-0.3, -0.25) is 4.79 Å². The Morgan fingerprint density at radius 1 is 1.29 bits per heavy atom. The first-order valence-corrected chi connectivity index (χ1v) is 6.24. The number of nitrogens with one attached hydrogen (secondary N) is 1. The summed E-state index contributed by atoms with van der Waals surface area (Å²) in [6.07, 6.45) is 3.18. The Balaban J connectivity index is 1.79. The highest BCUT2D eigenvalue weighted by Crippen LogP contribution is 2.55. The molecule has 2 aliphatic rings. The Bertz CT molecular complexity index is 425. The molecule has 1 aromatic carbocycles. The number of hydrogen-bond acceptors (Lipinski definition) is 2. The summed E-state index contributed by atoms with van der Waals surface area (Å²) in [5.41, 5.74) is 1.65. The van der Waals surface area contributed by atoms with E-state index in [4.69, 9.17) is 5.11 Å².